The monoisotopic (exact) mass is 420 g/mol. The molecular formula is C18H18Br2Si. The van der Waals surface area contributed by atoms with Crippen LogP contribution in [0.5, 0.6) is 0 Å². The van der Waals surface area contributed by atoms with Crippen LogP contribution in [0.2, 0.25) is 0 Å². The van der Waals surface area contributed by atoms with Crippen LogP contribution in [0.3, 0.4) is 0 Å². The van der Waals surface area contributed by atoms with Gasteiger partial charge in [0.1, 0.15) is 8.07 Å². The minimum absolute atomic E-state index is 1.02. The van der Waals surface area contributed by atoms with E-state index in [0.717, 1.165) is 21.0 Å². The normalized spacial score (nSPS) is 11.1. The Labute approximate surface area is 144 Å². The summed E-state index contributed by atoms with van der Waals surface area (Å²) in [5, 5.41) is 0. The van der Waals surface area contributed by atoms with Crippen LogP contribution in [0.1, 0.15) is 11.1 Å². The zero-order chi connectivity index (χ0) is 15.3. The van der Waals surface area contributed by atoms with E-state index in [1.165, 1.54) is 11.1 Å². The summed E-state index contributed by atoms with van der Waals surface area (Å²) >= 11 is 7.30. The minimum atomic E-state index is -1.82. The van der Waals surface area contributed by atoms with E-state index in [-0.39, 0.29) is 0 Å². The summed E-state index contributed by atoms with van der Waals surface area (Å²) in [5.74, 6) is 0. The molecule has 0 aliphatic rings. The van der Waals surface area contributed by atoms with Gasteiger partial charge in [-0.1, -0.05) is 79.7 Å². The first-order chi connectivity index (χ1) is 10.1. The van der Waals surface area contributed by atoms with Crippen molar-refractivity contribution in [2.24, 2.45) is 0 Å². The van der Waals surface area contributed by atoms with E-state index in [4.69, 9.17) is 0 Å². The Hall–Kier alpha value is -0.903. The van der Waals surface area contributed by atoms with Crippen LogP contribution in [0.15, 0.2) is 82.0 Å². The predicted molar refractivity (Wildman–Crippen MR) is 102 cm³/mol. The molecule has 0 heterocycles. The smallest absolute Gasteiger partial charge is 0.107 e. The number of hydrogen-bond acceptors (Lipinski definition) is 0. The summed E-state index contributed by atoms with van der Waals surface area (Å²) in [6.45, 7) is 8.23. The topological polar surface area (TPSA) is 0 Å². The molecule has 2 aromatic carbocycles. The summed E-state index contributed by atoms with van der Waals surface area (Å²) < 4.78 is 2.33. The average molecular weight is 422 g/mol. The van der Waals surface area contributed by atoms with E-state index >= 15 is 0 Å². The second-order valence-corrected chi connectivity index (χ2v) is 10.9. The molecular weight excluding hydrogens is 404 g/mol. The molecule has 0 fully saturated rings. The maximum atomic E-state index is 4.12. The van der Waals surface area contributed by atoms with Crippen LogP contribution in [0.4, 0.5) is 0 Å². The molecule has 0 nitrogen and oxygen atoms in total. The van der Waals surface area contributed by atoms with Gasteiger partial charge in [0.25, 0.3) is 0 Å². The van der Waals surface area contributed by atoms with Crippen LogP contribution < -0.4 is 0 Å². The van der Waals surface area contributed by atoms with Gasteiger partial charge in [-0.25, -0.2) is 0 Å². The second kappa shape index (κ2) is 7.39. The van der Waals surface area contributed by atoms with E-state index < -0.39 is 8.07 Å². The quantitative estimate of drug-likeness (QED) is 0.503. The van der Waals surface area contributed by atoms with Crippen molar-refractivity contribution in [3.05, 3.63) is 93.2 Å². The summed E-state index contributed by atoms with van der Waals surface area (Å²) in [6.07, 6.45) is 0. The van der Waals surface area contributed by atoms with Crippen LogP contribution >= 0.6 is 31.9 Å². The molecule has 0 radical (unpaired) electrons. The van der Waals surface area contributed by atoms with E-state index in [9.17, 15) is 0 Å². The van der Waals surface area contributed by atoms with Gasteiger partial charge in [0, 0.05) is 8.95 Å². The van der Waals surface area contributed by atoms with Crippen molar-refractivity contribution in [3.8, 4) is 0 Å². The maximum absolute atomic E-state index is 4.12. The third kappa shape index (κ3) is 4.06. The van der Waals surface area contributed by atoms with Gasteiger partial charge in [-0.3, -0.25) is 0 Å². The Morgan fingerprint density at radius 1 is 0.762 bits per heavy atom. The fraction of sp³-hybridized carbons (Fsp3) is 0.111. The van der Waals surface area contributed by atoms with Crippen LogP contribution in [-0.4, -0.2) is 8.07 Å². The minimum Gasteiger partial charge on any atom is -0.107 e. The highest BCUT2D eigenvalue weighted by Crippen LogP contribution is 2.27. The first-order valence-electron chi connectivity index (χ1n) is 6.84. The van der Waals surface area contributed by atoms with Crippen LogP contribution in [-0.2, 0) is 12.1 Å². The summed E-state index contributed by atoms with van der Waals surface area (Å²) in [5.41, 5.74) is 6.96. The molecule has 0 aliphatic carbocycles. The molecule has 0 aliphatic heterocycles. The SMILES string of the molecule is C=C[Si](C=C)(Cc1ccccc1Br)Cc1ccccc1Br. The number of hydrogen-bond donors (Lipinski definition) is 0. The Balaban J connectivity index is 2.33. The molecule has 0 spiro atoms. The van der Waals surface area contributed by atoms with Crippen molar-refractivity contribution in [1.82, 2.24) is 0 Å². The molecule has 108 valence electrons. The number of rotatable bonds is 6. The van der Waals surface area contributed by atoms with Gasteiger partial charge in [-0.05, 0) is 35.3 Å². The van der Waals surface area contributed by atoms with Gasteiger partial charge < -0.3 is 0 Å². The van der Waals surface area contributed by atoms with Gasteiger partial charge in [0.05, 0.1) is 0 Å². The lowest BCUT2D eigenvalue weighted by Crippen LogP contribution is -2.37. The second-order valence-electron chi connectivity index (χ2n) is 5.18. The van der Waals surface area contributed by atoms with Gasteiger partial charge >= 0.3 is 0 Å². The van der Waals surface area contributed by atoms with Gasteiger partial charge in [-0.2, -0.15) is 0 Å². The van der Waals surface area contributed by atoms with Crippen molar-refractivity contribution in [1.29, 1.82) is 0 Å². The molecule has 0 aromatic heterocycles. The first kappa shape index (κ1) is 16.5. The lowest BCUT2D eigenvalue weighted by Gasteiger charge is -2.26. The van der Waals surface area contributed by atoms with Crippen LogP contribution in [0.25, 0.3) is 0 Å². The van der Waals surface area contributed by atoms with Gasteiger partial charge in [0.2, 0.25) is 0 Å². The van der Waals surface area contributed by atoms with E-state index in [1.807, 2.05) is 12.1 Å². The average Bonchev–Trinajstić information content (AvgIpc) is 2.51. The molecule has 0 N–H and O–H groups in total. The van der Waals surface area contributed by atoms with Crippen molar-refractivity contribution in [3.63, 3.8) is 0 Å². The largest absolute Gasteiger partial charge is 0.109 e. The molecule has 0 saturated heterocycles. The van der Waals surface area contributed by atoms with Crippen molar-refractivity contribution < 1.29 is 0 Å². The molecule has 0 bridgehead atoms. The number of halogens is 2. The van der Waals surface area contributed by atoms with Gasteiger partial charge in [0.15, 0.2) is 0 Å². The van der Waals surface area contributed by atoms with Crippen molar-refractivity contribution in [2.75, 3.05) is 0 Å². The third-order valence-electron chi connectivity index (χ3n) is 3.77. The maximum Gasteiger partial charge on any atom is 0.109 e. The standard InChI is InChI=1S/C18H18Br2Si/c1-3-21(4-2,13-15-9-5-7-11-17(15)19)14-16-10-6-8-12-18(16)20/h3-12H,1-2,13-14H2. The Bertz CT molecular complexity index is 592. The van der Waals surface area contributed by atoms with Crippen LogP contribution in [0, 0.1) is 0 Å². The fourth-order valence-electron chi connectivity index (χ4n) is 2.43. The zero-order valence-corrected chi connectivity index (χ0v) is 16.0. The zero-order valence-electron chi connectivity index (χ0n) is 11.9. The predicted octanol–water partition coefficient (Wildman–Crippen LogP) is 5.97. The molecule has 0 atom stereocenters. The molecule has 0 saturated carbocycles. The highest BCUT2D eigenvalue weighted by Gasteiger charge is 2.28. The molecule has 2 aromatic rings. The summed E-state index contributed by atoms with van der Waals surface area (Å²) in [4.78, 5) is 0. The Morgan fingerprint density at radius 2 is 1.14 bits per heavy atom. The highest BCUT2D eigenvalue weighted by atomic mass is 79.9. The molecule has 2 rings (SSSR count). The van der Waals surface area contributed by atoms with Crippen molar-refractivity contribution >= 4 is 39.9 Å². The molecule has 0 amide bonds. The first-order valence-corrected chi connectivity index (χ1v) is 11.0. The molecule has 3 heteroatoms. The lowest BCUT2D eigenvalue weighted by molar-refractivity contribution is 1.22. The van der Waals surface area contributed by atoms with Crippen molar-refractivity contribution in [2.45, 2.75) is 12.1 Å². The molecule has 21 heavy (non-hydrogen) atoms. The fourth-order valence-corrected chi connectivity index (χ4v) is 6.70. The summed E-state index contributed by atoms with van der Waals surface area (Å²) in [6, 6.07) is 18.9. The van der Waals surface area contributed by atoms with E-state index in [2.05, 4.69) is 92.8 Å². The Morgan fingerprint density at radius 3 is 1.48 bits per heavy atom. The number of benzene rings is 2. The summed E-state index contributed by atoms with van der Waals surface area (Å²) in [7, 11) is -1.82. The molecule has 0 unspecified atom stereocenters. The third-order valence-corrected chi connectivity index (χ3v) is 9.02. The highest BCUT2D eigenvalue weighted by molar-refractivity contribution is 9.10. The Kier molecular flexibility index (Phi) is 5.79. The van der Waals surface area contributed by atoms with E-state index in [1.54, 1.807) is 0 Å². The van der Waals surface area contributed by atoms with Gasteiger partial charge in [-0.15, -0.1) is 13.2 Å². The lowest BCUT2D eigenvalue weighted by atomic mass is 10.2. The van der Waals surface area contributed by atoms with E-state index in [0.29, 0.717) is 0 Å².